The summed E-state index contributed by atoms with van der Waals surface area (Å²) in [5, 5.41) is 9.32. The monoisotopic (exact) mass is 630 g/mol. The predicted molar refractivity (Wildman–Crippen MR) is 186 cm³/mol. The largest absolute Gasteiger partial charge is 0.383 e. The van der Waals surface area contributed by atoms with Gasteiger partial charge in [-0.3, -0.25) is 0 Å². The Morgan fingerprint density at radius 2 is 0.976 bits per heavy atom. The van der Waals surface area contributed by atoms with Crippen LogP contribution in [0.2, 0.25) is 15.1 Å². The summed E-state index contributed by atoms with van der Waals surface area (Å²) < 4.78 is 0. The molecule has 4 nitrogen and oxygen atoms in total. The molecule has 0 aliphatic rings. The molecule has 0 heterocycles. The second kappa shape index (κ2) is 17.4. The van der Waals surface area contributed by atoms with Gasteiger partial charge in [-0.25, -0.2) is 0 Å². The normalized spacial score (nSPS) is 13.8. The van der Waals surface area contributed by atoms with Crippen LogP contribution in [0.3, 0.4) is 0 Å². The van der Waals surface area contributed by atoms with Crippen molar-refractivity contribution in [2.45, 2.75) is 72.4 Å². The third-order valence-corrected chi connectivity index (χ3v) is 9.21. The molecule has 3 aromatic rings. The van der Waals surface area contributed by atoms with Crippen LogP contribution in [-0.2, 0) is 0 Å². The van der Waals surface area contributed by atoms with Gasteiger partial charge in [-0.05, 0) is 99.9 Å². The van der Waals surface area contributed by atoms with Crippen molar-refractivity contribution in [2.24, 2.45) is 0 Å². The Labute approximate surface area is 269 Å². The molecule has 0 radical (unpaired) electrons. The van der Waals surface area contributed by atoms with E-state index in [9.17, 15) is 0 Å². The molecule has 3 rings (SSSR count). The molecule has 0 fully saturated rings. The maximum Gasteiger partial charge on any atom is 0.0468 e. The molecular weight excluding hydrogens is 583 g/mol. The first-order valence-corrected chi connectivity index (χ1v) is 16.6. The van der Waals surface area contributed by atoms with Gasteiger partial charge in [0, 0.05) is 57.5 Å². The second-order valence-corrected chi connectivity index (χ2v) is 12.4. The van der Waals surface area contributed by atoms with E-state index in [0.29, 0.717) is 27.2 Å². The molecule has 7 heteroatoms. The Hall–Kier alpha value is -1.95. The van der Waals surface area contributed by atoms with Crippen molar-refractivity contribution in [3.05, 3.63) is 92.4 Å². The van der Waals surface area contributed by atoms with Gasteiger partial charge in [-0.15, -0.1) is 0 Å². The summed E-state index contributed by atoms with van der Waals surface area (Å²) in [5.74, 6) is -0.206. The molecule has 0 aromatic heterocycles. The first-order chi connectivity index (χ1) is 20.2. The number of benzene rings is 3. The number of rotatable bonds is 17. The Balaban J connectivity index is 1.85. The van der Waals surface area contributed by atoms with E-state index in [1.54, 1.807) is 0 Å². The summed E-state index contributed by atoms with van der Waals surface area (Å²) in [5.41, 5.74) is 4.95. The molecule has 0 amide bonds. The molecule has 0 spiro atoms. The fraction of sp³-hybridized carbons (Fsp3) is 0.486. The summed E-state index contributed by atoms with van der Waals surface area (Å²) in [6.07, 6.45) is 2.13. The highest BCUT2D eigenvalue weighted by Gasteiger charge is 2.24. The smallest absolute Gasteiger partial charge is 0.0468 e. The first kappa shape index (κ1) is 34.5. The molecule has 0 bridgehead atoms. The minimum Gasteiger partial charge on any atom is -0.383 e. The van der Waals surface area contributed by atoms with Crippen molar-refractivity contribution in [3.8, 4) is 0 Å². The molecule has 0 saturated heterocycles. The van der Waals surface area contributed by atoms with Crippen LogP contribution in [0.15, 0.2) is 60.7 Å². The standard InChI is InChI=1S/C35H49Cl3N4/c1-7-41(8-2)21-19-25(5)39-27-15-17-30(33(37)23-27)35(29-13-11-12-14-32(29)36)31-18-16-28(24-34(31)38)40-26(6)20-22-42(9-3)10-4/h11-18,23-26,35,39-40H,7-10,19-22H2,1-6H3. The SMILES string of the molecule is CCN(CC)CCC(C)Nc1ccc(C(c2ccccc2Cl)c2ccc(NC(C)CCN(CC)CC)cc2Cl)c(Cl)c1. The first-order valence-electron chi connectivity index (χ1n) is 15.5. The number of nitrogens with zero attached hydrogens (tertiary/aromatic N) is 2. The van der Waals surface area contributed by atoms with Crippen LogP contribution in [0.1, 0.15) is 77.0 Å². The lowest BCUT2D eigenvalue weighted by atomic mass is 9.84. The number of anilines is 2. The lowest BCUT2D eigenvalue weighted by Gasteiger charge is -2.25. The highest BCUT2D eigenvalue weighted by atomic mass is 35.5. The zero-order valence-corrected chi connectivity index (χ0v) is 28.5. The van der Waals surface area contributed by atoms with Gasteiger partial charge in [0.25, 0.3) is 0 Å². The lowest BCUT2D eigenvalue weighted by molar-refractivity contribution is 0.295. The highest BCUT2D eigenvalue weighted by Crippen LogP contribution is 2.43. The van der Waals surface area contributed by atoms with Gasteiger partial charge in [0.1, 0.15) is 0 Å². The molecule has 0 aliphatic carbocycles. The van der Waals surface area contributed by atoms with E-state index in [2.05, 4.69) is 92.3 Å². The zero-order chi connectivity index (χ0) is 30.6. The Morgan fingerprint density at radius 1 is 0.571 bits per heavy atom. The predicted octanol–water partition coefficient (Wildman–Crippen LogP) is 9.89. The number of hydrogen-bond acceptors (Lipinski definition) is 4. The highest BCUT2D eigenvalue weighted by molar-refractivity contribution is 6.33. The summed E-state index contributed by atoms with van der Waals surface area (Å²) in [4.78, 5) is 4.89. The van der Waals surface area contributed by atoms with E-state index < -0.39 is 0 Å². The van der Waals surface area contributed by atoms with Crippen molar-refractivity contribution in [3.63, 3.8) is 0 Å². The van der Waals surface area contributed by atoms with Gasteiger partial charge < -0.3 is 20.4 Å². The van der Waals surface area contributed by atoms with Gasteiger partial charge in [-0.2, -0.15) is 0 Å². The quantitative estimate of drug-likeness (QED) is 0.145. The molecule has 0 saturated carbocycles. The minimum absolute atomic E-state index is 0.206. The van der Waals surface area contributed by atoms with Crippen LogP contribution >= 0.6 is 34.8 Å². The van der Waals surface area contributed by atoms with Gasteiger partial charge in [0.2, 0.25) is 0 Å². The van der Waals surface area contributed by atoms with E-state index in [-0.39, 0.29) is 5.92 Å². The third kappa shape index (κ3) is 9.79. The summed E-state index contributed by atoms with van der Waals surface area (Å²) in [6.45, 7) is 19.7. The fourth-order valence-corrected chi connectivity index (χ4v) is 6.28. The third-order valence-electron chi connectivity index (χ3n) is 8.21. The molecular formula is C35H49Cl3N4. The zero-order valence-electron chi connectivity index (χ0n) is 26.2. The van der Waals surface area contributed by atoms with Gasteiger partial charge >= 0.3 is 0 Å². The maximum atomic E-state index is 7.02. The van der Waals surface area contributed by atoms with Crippen molar-refractivity contribution < 1.29 is 0 Å². The summed E-state index contributed by atoms with van der Waals surface area (Å²) in [6, 6.07) is 21.1. The van der Waals surface area contributed by atoms with Crippen molar-refractivity contribution in [2.75, 3.05) is 49.9 Å². The molecule has 230 valence electrons. The van der Waals surface area contributed by atoms with Gasteiger partial charge in [-0.1, -0.05) is 92.8 Å². The Bertz CT molecular complexity index is 1170. The van der Waals surface area contributed by atoms with E-state index in [1.165, 1.54) is 0 Å². The second-order valence-electron chi connectivity index (χ2n) is 11.1. The number of halogens is 3. The molecule has 42 heavy (non-hydrogen) atoms. The van der Waals surface area contributed by atoms with Crippen LogP contribution in [0.25, 0.3) is 0 Å². The van der Waals surface area contributed by atoms with Crippen LogP contribution in [-0.4, -0.2) is 61.2 Å². The van der Waals surface area contributed by atoms with E-state index in [4.69, 9.17) is 34.8 Å². The van der Waals surface area contributed by atoms with Crippen molar-refractivity contribution >= 4 is 46.2 Å². The van der Waals surface area contributed by atoms with Crippen LogP contribution < -0.4 is 10.6 Å². The molecule has 0 aliphatic heterocycles. The fourth-order valence-electron chi connectivity index (χ4n) is 5.46. The average Bonchev–Trinajstić information content (AvgIpc) is 2.97. The van der Waals surface area contributed by atoms with Gasteiger partial charge in [0.05, 0.1) is 0 Å². The average molecular weight is 632 g/mol. The van der Waals surface area contributed by atoms with E-state index in [0.717, 1.165) is 80.2 Å². The van der Waals surface area contributed by atoms with E-state index in [1.807, 2.05) is 30.3 Å². The molecule has 2 unspecified atom stereocenters. The summed E-state index contributed by atoms with van der Waals surface area (Å²) in [7, 11) is 0. The molecule has 2 N–H and O–H groups in total. The van der Waals surface area contributed by atoms with Crippen molar-refractivity contribution in [1.29, 1.82) is 0 Å². The van der Waals surface area contributed by atoms with Crippen LogP contribution in [0.4, 0.5) is 11.4 Å². The topological polar surface area (TPSA) is 30.5 Å². The lowest BCUT2D eigenvalue weighted by Crippen LogP contribution is -2.28. The maximum absolute atomic E-state index is 7.02. The molecule has 2 atom stereocenters. The van der Waals surface area contributed by atoms with Crippen LogP contribution in [0.5, 0.6) is 0 Å². The van der Waals surface area contributed by atoms with Gasteiger partial charge in [0.15, 0.2) is 0 Å². The van der Waals surface area contributed by atoms with Crippen molar-refractivity contribution in [1.82, 2.24) is 9.80 Å². The van der Waals surface area contributed by atoms with E-state index >= 15 is 0 Å². The number of nitrogens with one attached hydrogen (secondary N) is 2. The number of hydrogen-bond donors (Lipinski definition) is 2. The Morgan fingerprint density at radius 3 is 1.36 bits per heavy atom. The minimum atomic E-state index is -0.206. The molecule has 3 aromatic carbocycles. The van der Waals surface area contributed by atoms with Crippen LogP contribution in [0, 0.1) is 0 Å². The summed E-state index contributed by atoms with van der Waals surface area (Å²) >= 11 is 20.8. The Kier molecular flexibility index (Phi) is 14.3.